The lowest BCUT2D eigenvalue weighted by atomic mass is 9.86. The fourth-order valence-corrected chi connectivity index (χ4v) is 4.97. The van der Waals surface area contributed by atoms with Gasteiger partial charge >= 0.3 is 0 Å². The second-order valence-corrected chi connectivity index (χ2v) is 11.0. The van der Waals surface area contributed by atoms with E-state index in [1.54, 1.807) is 41.1 Å². The minimum atomic E-state index is -0.842. The molecule has 37 heavy (non-hydrogen) atoms. The zero-order valence-corrected chi connectivity index (χ0v) is 21.7. The van der Waals surface area contributed by atoms with Gasteiger partial charge < -0.3 is 10.6 Å². The highest BCUT2D eigenvalue weighted by Gasteiger charge is 2.34. The van der Waals surface area contributed by atoms with E-state index in [1.165, 1.54) is 12.5 Å². The highest BCUT2D eigenvalue weighted by molar-refractivity contribution is 6.06. The Labute approximate surface area is 217 Å². The molecule has 3 aromatic rings. The van der Waals surface area contributed by atoms with Crippen LogP contribution in [-0.2, 0) is 17.9 Å². The maximum atomic E-state index is 14.9. The van der Waals surface area contributed by atoms with Gasteiger partial charge in [-0.25, -0.2) is 4.39 Å². The van der Waals surface area contributed by atoms with Crippen molar-refractivity contribution >= 4 is 22.7 Å². The van der Waals surface area contributed by atoms with Crippen molar-refractivity contribution in [1.82, 2.24) is 20.4 Å². The summed E-state index contributed by atoms with van der Waals surface area (Å²) in [6.45, 7) is 6.45. The third-order valence-corrected chi connectivity index (χ3v) is 7.05. The molecule has 8 heteroatoms. The second kappa shape index (κ2) is 11.1. The molecule has 1 saturated carbocycles. The molecule has 4 rings (SSSR count). The number of rotatable bonds is 7. The quantitative estimate of drug-likeness (QED) is 0.469. The fraction of sp³-hybridized carbons (Fsp3) is 0.448. The molecule has 0 aliphatic heterocycles. The molecule has 1 unspecified atom stereocenters. The van der Waals surface area contributed by atoms with Crippen molar-refractivity contribution in [1.29, 1.82) is 5.26 Å². The number of hydrogen-bond donors (Lipinski definition) is 2. The summed E-state index contributed by atoms with van der Waals surface area (Å²) in [6.07, 6.45) is 5.68. The van der Waals surface area contributed by atoms with Gasteiger partial charge in [0.15, 0.2) is 5.69 Å². The van der Waals surface area contributed by atoms with Crippen molar-refractivity contribution in [3.63, 3.8) is 0 Å². The Hall–Kier alpha value is -3.73. The van der Waals surface area contributed by atoms with Gasteiger partial charge in [0.05, 0.1) is 11.6 Å². The molecule has 1 atom stereocenters. The van der Waals surface area contributed by atoms with Gasteiger partial charge in [-0.1, -0.05) is 64.3 Å². The van der Waals surface area contributed by atoms with Gasteiger partial charge in [-0.3, -0.25) is 14.3 Å². The molecule has 2 aromatic carbocycles. The summed E-state index contributed by atoms with van der Waals surface area (Å²) in [5.41, 5.74) is 1.25. The Kier molecular flexibility index (Phi) is 7.91. The number of halogens is 1. The first kappa shape index (κ1) is 26.3. The fourth-order valence-electron chi connectivity index (χ4n) is 4.97. The van der Waals surface area contributed by atoms with Crippen LogP contribution in [0, 0.1) is 28.5 Å². The van der Waals surface area contributed by atoms with Crippen molar-refractivity contribution < 1.29 is 14.0 Å². The summed E-state index contributed by atoms with van der Waals surface area (Å²) >= 11 is 0. The number of nitrogens with one attached hydrogen (secondary N) is 2. The van der Waals surface area contributed by atoms with Crippen LogP contribution in [0.15, 0.2) is 42.5 Å². The molecule has 7 nitrogen and oxygen atoms in total. The SMILES string of the molecule is CC(C)(C)C(NC(=O)c1nn(CC2CCCCC2)c2c(F)cccc12)C(=O)NCc1ccc(C#N)cc1. The summed E-state index contributed by atoms with van der Waals surface area (Å²) < 4.78 is 16.5. The smallest absolute Gasteiger partial charge is 0.273 e. The summed E-state index contributed by atoms with van der Waals surface area (Å²) in [5, 5.41) is 19.7. The van der Waals surface area contributed by atoms with Crippen LogP contribution in [0.2, 0.25) is 0 Å². The molecule has 1 aliphatic rings. The molecular formula is C29H34FN5O2. The topological polar surface area (TPSA) is 99.8 Å². The van der Waals surface area contributed by atoms with E-state index in [1.807, 2.05) is 20.8 Å². The van der Waals surface area contributed by atoms with E-state index in [0.717, 1.165) is 31.2 Å². The number of amides is 2. The van der Waals surface area contributed by atoms with E-state index >= 15 is 0 Å². The van der Waals surface area contributed by atoms with Gasteiger partial charge in [0, 0.05) is 18.5 Å². The summed E-state index contributed by atoms with van der Waals surface area (Å²) in [5.74, 6) is -0.844. The molecule has 0 bridgehead atoms. The number of carbonyl (C=O) groups excluding carboxylic acids is 2. The lowest BCUT2D eigenvalue weighted by Crippen LogP contribution is -2.53. The molecule has 2 amide bonds. The first-order chi connectivity index (χ1) is 17.7. The number of nitrogens with zero attached hydrogens (tertiary/aromatic N) is 3. The van der Waals surface area contributed by atoms with E-state index in [0.29, 0.717) is 28.9 Å². The van der Waals surface area contributed by atoms with Crippen molar-refractivity contribution in [2.75, 3.05) is 0 Å². The van der Waals surface area contributed by atoms with Crippen LogP contribution in [0.25, 0.3) is 10.9 Å². The lowest BCUT2D eigenvalue weighted by Gasteiger charge is -2.30. The standard InChI is InChI=1S/C29H34FN5O2/c1-29(2,3)26(28(37)32-17-20-14-12-19(16-31)13-15-20)33-27(36)24-22-10-7-11-23(30)25(22)35(34-24)18-21-8-5-4-6-9-21/h7,10-15,21,26H,4-6,8-9,17-18H2,1-3H3,(H,32,37)(H,33,36). The summed E-state index contributed by atoms with van der Waals surface area (Å²) in [6, 6.07) is 12.8. The minimum absolute atomic E-state index is 0.124. The van der Waals surface area contributed by atoms with Crippen molar-refractivity contribution in [3.05, 3.63) is 65.1 Å². The highest BCUT2D eigenvalue weighted by Crippen LogP contribution is 2.29. The maximum Gasteiger partial charge on any atom is 0.273 e. The minimum Gasteiger partial charge on any atom is -0.350 e. The molecule has 2 N–H and O–H groups in total. The predicted octanol–water partition coefficient (Wildman–Crippen LogP) is 5.09. The Morgan fingerprint density at radius 2 is 1.84 bits per heavy atom. The van der Waals surface area contributed by atoms with Crippen LogP contribution >= 0.6 is 0 Å². The largest absolute Gasteiger partial charge is 0.350 e. The molecule has 1 aromatic heterocycles. The van der Waals surface area contributed by atoms with Crippen molar-refractivity contribution in [2.45, 2.75) is 72.0 Å². The molecule has 1 fully saturated rings. The Balaban J connectivity index is 1.54. The number of fused-ring (bicyclic) bond motifs is 1. The van der Waals surface area contributed by atoms with E-state index in [-0.39, 0.29) is 18.1 Å². The molecule has 0 spiro atoms. The molecule has 0 radical (unpaired) electrons. The normalized spacial score (nSPS) is 15.2. The number of hydrogen-bond acceptors (Lipinski definition) is 4. The van der Waals surface area contributed by atoms with Crippen LogP contribution in [0.1, 0.15) is 74.5 Å². The molecular weight excluding hydrogens is 469 g/mol. The summed E-state index contributed by atoms with van der Waals surface area (Å²) in [4.78, 5) is 26.6. The van der Waals surface area contributed by atoms with E-state index in [4.69, 9.17) is 5.26 Å². The Morgan fingerprint density at radius 1 is 1.14 bits per heavy atom. The van der Waals surface area contributed by atoms with E-state index < -0.39 is 23.2 Å². The number of nitriles is 1. The molecule has 1 heterocycles. The van der Waals surface area contributed by atoms with Gasteiger partial charge in [-0.05, 0) is 47.9 Å². The van der Waals surface area contributed by atoms with Crippen LogP contribution in [0.5, 0.6) is 0 Å². The average molecular weight is 504 g/mol. The molecule has 0 saturated heterocycles. The van der Waals surface area contributed by atoms with Crippen LogP contribution in [-0.4, -0.2) is 27.6 Å². The monoisotopic (exact) mass is 503 g/mol. The average Bonchev–Trinajstić information content (AvgIpc) is 3.25. The van der Waals surface area contributed by atoms with Crippen LogP contribution in [0.4, 0.5) is 4.39 Å². The van der Waals surface area contributed by atoms with Crippen LogP contribution < -0.4 is 10.6 Å². The zero-order chi connectivity index (χ0) is 26.6. The third-order valence-electron chi connectivity index (χ3n) is 7.05. The third kappa shape index (κ3) is 6.16. The Bertz CT molecular complexity index is 1310. The number of aromatic nitrogens is 2. The predicted molar refractivity (Wildman–Crippen MR) is 140 cm³/mol. The lowest BCUT2D eigenvalue weighted by molar-refractivity contribution is -0.125. The van der Waals surface area contributed by atoms with E-state index in [9.17, 15) is 14.0 Å². The van der Waals surface area contributed by atoms with Crippen molar-refractivity contribution in [2.24, 2.45) is 11.3 Å². The van der Waals surface area contributed by atoms with Crippen molar-refractivity contribution in [3.8, 4) is 6.07 Å². The molecule has 194 valence electrons. The van der Waals surface area contributed by atoms with Gasteiger partial charge in [-0.2, -0.15) is 10.4 Å². The Morgan fingerprint density at radius 3 is 2.49 bits per heavy atom. The number of para-hydroxylation sites is 1. The first-order valence-corrected chi connectivity index (χ1v) is 12.9. The zero-order valence-electron chi connectivity index (χ0n) is 21.7. The molecule has 1 aliphatic carbocycles. The van der Waals surface area contributed by atoms with E-state index in [2.05, 4.69) is 21.8 Å². The van der Waals surface area contributed by atoms with Gasteiger partial charge in [-0.15, -0.1) is 0 Å². The highest BCUT2D eigenvalue weighted by atomic mass is 19.1. The first-order valence-electron chi connectivity index (χ1n) is 12.9. The number of benzene rings is 2. The number of carbonyl (C=O) groups is 2. The van der Waals surface area contributed by atoms with Gasteiger partial charge in [0.1, 0.15) is 17.4 Å². The summed E-state index contributed by atoms with van der Waals surface area (Å²) in [7, 11) is 0. The maximum absolute atomic E-state index is 14.9. The van der Waals surface area contributed by atoms with Gasteiger partial charge in [0.25, 0.3) is 5.91 Å². The van der Waals surface area contributed by atoms with Gasteiger partial charge in [0.2, 0.25) is 5.91 Å². The second-order valence-electron chi connectivity index (χ2n) is 11.0. The van der Waals surface area contributed by atoms with Crippen LogP contribution in [0.3, 0.4) is 0 Å².